The van der Waals surface area contributed by atoms with Gasteiger partial charge in [-0.25, -0.2) is 15.0 Å². The molecule has 0 amide bonds. The van der Waals surface area contributed by atoms with E-state index >= 15 is 0 Å². The summed E-state index contributed by atoms with van der Waals surface area (Å²) in [5.74, 6) is 2.13. The summed E-state index contributed by atoms with van der Waals surface area (Å²) < 4.78 is 11.2. The van der Waals surface area contributed by atoms with Crippen LogP contribution in [0.25, 0.3) is 22.3 Å². The number of aromatic nitrogens is 5. The fraction of sp³-hybridized carbons (Fsp3) is 0.320. The van der Waals surface area contributed by atoms with E-state index in [0.717, 1.165) is 66.7 Å². The first-order valence-corrected chi connectivity index (χ1v) is 11.6. The molecule has 10 heteroatoms. The summed E-state index contributed by atoms with van der Waals surface area (Å²) in [6, 6.07) is 9.66. The van der Waals surface area contributed by atoms with Crippen LogP contribution in [0, 0.1) is 0 Å². The van der Waals surface area contributed by atoms with Crippen molar-refractivity contribution in [3.8, 4) is 17.1 Å². The van der Waals surface area contributed by atoms with Crippen molar-refractivity contribution in [1.82, 2.24) is 29.8 Å². The second kappa shape index (κ2) is 10.6. The van der Waals surface area contributed by atoms with E-state index in [9.17, 15) is 0 Å². The number of fused-ring (bicyclic) bond motifs is 1. The summed E-state index contributed by atoms with van der Waals surface area (Å²) in [5.41, 5.74) is 2.94. The fourth-order valence-corrected chi connectivity index (χ4v) is 3.72. The number of pyridine rings is 3. The molecule has 4 aromatic heterocycles. The van der Waals surface area contributed by atoms with Gasteiger partial charge < -0.3 is 24.6 Å². The molecule has 1 aliphatic heterocycles. The molecule has 0 aromatic carbocycles. The quantitative estimate of drug-likeness (QED) is 0.412. The number of rotatable bonds is 8. The molecule has 35 heavy (non-hydrogen) atoms. The van der Waals surface area contributed by atoms with Crippen LogP contribution in [0.4, 0.5) is 17.5 Å². The number of anilines is 3. The summed E-state index contributed by atoms with van der Waals surface area (Å²) in [4.78, 5) is 27.2. The molecule has 180 valence electrons. The molecule has 1 saturated heterocycles. The molecular formula is C25H28N8O2. The second-order valence-electron chi connectivity index (χ2n) is 8.45. The smallest absolute Gasteiger partial charge is 0.227 e. The second-order valence-corrected chi connectivity index (χ2v) is 8.45. The van der Waals surface area contributed by atoms with Gasteiger partial charge in [0.05, 0.1) is 37.0 Å². The normalized spacial score (nSPS) is 13.9. The molecule has 0 radical (unpaired) electrons. The molecule has 0 saturated carbocycles. The number of morpholine rings is 1. The molecule has 10 nitrogen and oxygen atoms in total. The number of nitrogens with one attached hydrogen (secondary N) is 1. The van der Waals surface area contributed by atoms with E-state index in [2.05, 4.69) is 35.1 Å². The van der Waals surface area contributed by atoms with E-state index in [-0.39, 0.29) is 0 Å². The number of nitrogens with zero attached hydrogens (tertiary/aromatic N) is 7. The van der Waals surface area contributed by atoms with E-state index in [1.54, 1.807) is 24.8 Å². The van der Waals surface area contributed by atoms with Gasteiger partial charge in [0.2, 0.25) is 5.95 Å². The van der Waals surface area contributed by atoms with Crippen molar-refractivity contribution in [1.29, 1.82) is 0 Å². The van der Waals surface area contributed by atoms with Crippen molar-refractivity contribution in [2.24, 2.45) is 0 Å². The molecular weight excluding hydrogens is 444 g/mol. The molecule has 5 rings (SSSR count). The minimum absolute atomic E-state index is 0.469. The standard InChI is InChI=1S/C25H28N8O2/c1-32(2)9-14-35-20-4-5-21(27-17-20)24-23-18(7-8-26-24)15-29-25(31-23)30-19-3-6-22(28-16-19)33-10-12-34-13-11-33/h3-8,15-17H,9-14H2,1-2H3,(H,29,30,31). The monoisotopic (exact) mass is 472 g/mol. The molecule has 5 heterocycles. The van der Waals surface area contributed by atoms with Gasteiger partial charge in [-0.1, -0.05) is 0 Å². The number of hydrogen-bond acceptors (Lipinski definition) is 10. The average molecular weight is 473 g/mol. The Kier molecular flexibility index (Phi) is 6.92. The molecule has 1 N–H and O–H groups in total. The van der Waals surface area contributed by atoms with Gasteiger partial charge in [-0.05, 0) is 44.4 Å². The Hall–Kier alpha value is -3.89. The zero-order valence-electron chi connectivity index (χ0n) is 19.9. The van der Waals surface area contributed by atoms with Crippen molar-refractivity contribution in [2.75, 3.05) is 63.8 Å². The lowest BCUT2D eigenvalue weighted by molar-refractivity contribution is 0.122. The third kappa shape index (κ3) is 5.61. The molecule has 0 bridgehead atoms. The van der Waals surface area contributed by atoms with E-state index in [1.807, 2.05) is 44.4 Å². The molecule has 0 aliphatic carbocycles. The zero-order chi connectivity index (χ0) is 24.0. The van der Waals surface area contributed by atoms with Gasteiger partial charge >= 0.3 is 0 Å². The molecule has 4 aromatic rings. The van der Waals surface area contributed by atoms with Crippen molar-refractivity contribution < 1.29 is 9.47 Å². The Balaban J connectivity index is 1.33. The summed E-state index contributed by atoms with van der Waals surface area (Å²) in [7, 11) is 4.03. The highest BCUT2D eigenvalue weighted by Gasteiger charge is 2.13. The fourth-order valence-electron chi connectivity index (χ4n) is 3.72. The average Bonchev–Trinajstić information content (AvgIpc) is 2.89. The third-order valence-electron chi connectivity index (χ3n) is 5.62. The predicted molar refractivity (Wildman–Crippen MR) is 135 cm³/mol. The van der Waals surface area contributed by atoms with Crippen LogP contribution in [0.3, 0.4) is 0 Å². The maximum Gasteiger partial charge on any atom is 0.227 e. The van der Waals surface area contributed by atoms with Gasteiger partial charge in [0, 0.05) is 37.4 Å². The molecule has 1 aliphatic rings. The van der Waals surface area contributed by atoms with Crippen LogP contribution >= 0.6 is 0 Å². The van der Waals surface area contributed by atoms with Gasteiger partial charge in [0.1, 0.15) is 29.4 Å². The Morgan fingerprint density at radius 1 is 0.971 bits per heavy atom. The van der Waals surface area contributed by atoms with E-state index in [4.69, 9.17) is 14.5 Å². The molecule has 1 fully saturated rings. The van der Waals surface area contributed by atoms with Gasteiger partial charge in [0.25, 0.3) is 0 Å². The predicted octanol–water partition coefficient (Wildman–Crippen LogP) is 3.00. The van der Waals surface area contributed by atoms with E-state index < -0.39 is 0 Å². The number of likely N-dealkylation sites (N-methyl/N-ethyl adjacent to an activating group) is 1. The van der Waals surface area contributed by atoms with Gasteiger partial charge in [-0.2, -0.15) is 0 Å². The van der Waals surface area contributed by atoms with Crippen LogP contribution < -0.4 is 15.0 Å². The highest BCUT2D eigenvalue weighted by molar-refractivity contribution is 5.90. The van der Waals surface area contributed by atoms with Crippen LogP contribution in [0.2, 0.25) is 0 Å². The third-order valence-corrected chi connectivity index (χ3v) is 5.62. The van der Waals surface area contributed by atoms with Crippen LogP contribution in [-0.2, 0) is 4.74 Å². The Morgan fingerprint density at radius 2 is 1.86 bits per heavy atom. The highest BCUT2D eigenvalue weighted by Crippen LogP contribution is 2.26. The molecule has 0 spiro atoms. The number of hydrogen-bond donors (Lipinski definition) is 1. The SMILES string of the molecule is CN(C)CCOc1ccc(-c2nccc3cnc(Nc4ccc(N5CCOCC5)nc4)nc23)nc1. The summed E-state index contributed by atoms with van der Waals surface area (Å²) in [6.45, 7) is 4.59. The molecule has 0 atom stereocenters. The first-order valence-electron chi connectivity index (χ1n) is 11.6. The van der Waals surface area contributed by atoms with Crippen molar-refractivity contribution in [2.45, 2.75) is 0 Å². The highest BCUT2D eigenvalue weighted by atomic mass is 16.5. The Labute approximate surface area is 204 Å². The Morgan fingerprint density at radius 3 is 2.60 bits per heavy atom. The lowest BCUT2D eigenvalue weighted by Gasteiger charge is -2.27. The van der Waals surface area contributed by atoms with Gasteiger partial charge in [-0.15, -0.1) is 0 Å². The summed E-state index contributed by atoms with van der Waals surface area (Å²) >= 11 is 0. The number of ether oxygens (including phenoxy) is 2. The largest absolute Gasteiger partial charge is 0.491 e. The summed E-state index contributed by atoms with van der Waals surface area (Å²) in [5, 5.41) is 4.13. The zero-order valence-corrected chi connectivity index (χ0v) is 19.9. The van der Waals surface area contributed by atoms with Gasteiger partial charge in [-0.3, -0.25) is 9.97 Å². The lowest BCUT2D eigenvalue weighted by atomic mass is 10.2. The molecule has 0 unspecified atom stereocenters. The lowest BCUT2D eigenvalue weighted by Crippen LogP contribution is -2.36. The summed E-state index contributed by atoms with van der Waals surface area (Å²) in [6.07, 6.45) is 7.03. The van der Waals surface area contributed by atoms with E-state index in [1.165, 1.54) is 0 Å². The van der Waals surface area contributed by atoms with Gasteiger partial charge in [0.15, 0.2) is 0 Å². The Bertz CT molecular complexity index is 1260. The van der Waals surface area contributed by atoms with E-state index in [0.29, 0.717) is 18.2 Å². The first-order chi connectivity index (χ1) is 17.2. The topological polar surface area (TPSA) is 101 Å². The maximum atomic E-state index is 5.75. The van der Waals surface area contributed by atoms with Crippen LogP contribution in [0.15, 0.2) is 55.1 Å². The van der Waals surface area contributed by atoms with Crippen LogP contribution in [0.5, 0.6) is 5.75 Å². The minimum atomic E-state index is 0.469. The van der Waals surface area contributed by atoms with Crippen molar-refractivity contribution in [3.63, 3.8) is 0 Å². The van der Waals surface area contributed by atoms with Crippen LogP contribution in [0.1, 0.15) is 0 Å². The van der Waals surface area contributed by atoms with Crippen molar-refractivity contribution >= 4 is 28.4 Å². The first kappa shape index (κ1) is 22.9. The maximum absolute atomic E-state index is 5.75. The van der Waals surface area contributed by atoms with Crippen LogP contribution in [-0.4, -0.2) is 83.4 Å². The minimum Gasteiger partial charge on any atom is -0.491 e. The van der Waals surface area contributed by atoms with Crippen molar-refractivity contribution in [3.05, 3.63) is 55.1 Å².